The molecule has 1 saturated heterocycles. The van der Waals surface area contributed by atoms with E-state index in [2.05, 4.69) is 15.1 Å². The van der Waals surface area contributed by atoms with Crippen LogP contribution in [0.2, 0.25) is 0 Å². The number of hydrogen-bond acceptors (Lipinski definition) is 7. The molecule has 0 radical (unpaired) electrons. The van der Waals surface area contributed by atoms with Crippen molar-refractivity contribution in [2.75, 3.05) is 45.7 Å². The molecule has 0 spiro atoms. The normalized spacial score (nSPS) is 21.2. The smallest absolute Gasteiger partial charge is 0.270 e. The Morgan fingerprint density at radius 1 is 1.36 bits per heavy atom. The zero-order chi connectivity index (χ0) is 18.0. The second-order valence-corrected chi connectivity index (χ2v) is 6.25. The van der Waals surface area contributed by atoms with E-state index in [1.54, 1.807) is 24.2 Å². The van der Waals surface area contributed by atoms with Gasteiger partial charge < -0.3 is 14.5 Å². The van der Waals surface area contributed by atoms with Crippen LogP contribution in [-0.2, 0) is 14.3 Å². The maximum Gasteiger partial charge on any atom is 0.270 e. The summed E-state index contributed by atoms with van der Waals surface area (Å²) in [6.07, 6.45) is 2.08. The number of carbonyl (C=O) groups excluding carboxylic acids is 2. The van der Waals surface area contributed by atoms with Crippen molar-refractivity contribution >= 4 is 23.5 Å². The van der Waals surface area contributed by atoms with E-state index < -0.39 is 0 Å². The SMILES string of the molecule is CN1N=C(C(=O)N2CCO[C@H](c3ccnc(N(C)C)n3)C2)CCC1=O. The van der Waals surface area contributed by atoms with Crippen molar-refractivity contribution in [3.63, 3.8) is 0 Å². The van der Waals surface area contributed by atoms with Crippen LogP contribution in [0.4, 0.5) is 5.95 Å². The minimum absolute atomic E-state index is 0.0754. The largest absolute Gasteiger partial charge is 0.368 e. The monoisotopic (exact) mass is 346 g/mol. The van der Waals surface area contributed by atoms with Crippen LogP contribution in [0.5, 0.6) is 0 Å². The van der Waals surface area contributed by atoms with Crippen molar-refractivity contribution in [3.05, 3.63) is 18.0 Å². The summed E-state index contributed by atoms with van der Waals surface area (Å²) < 4.78 is 5.80. The number of morpholine rings is 1. The van der Waals surface area contributed by atoms with E-state index in [-0.39, 0.29) is 17.9 Å². The van der Waals surface area contributed by atoms with Crippen molar-refractivity contribution in [1.29, 1.82) is 0 Å². The van der Waals surface area contributed by atoms with Crippen molar-refractivity contribution in [1.82, 2.24) is 19.9 Å². The van der Waals surface area contributed by atoms with Gasteiger partial charge in [0.05, 0.1) is 18.8 Å². The predicted octanol–water partition coefficient (Wildman–Crippen LogP) is 0.0507. The van der Waals surface area contributed by atoms with Gasteiger partial charge in [-0.2, -0.15) is 5.10 Å². The molecule has 2 aliphatic rings. The predicted molar refractivity (Wildman–Crippen MR) is 91.1 cm³/mol. The van der Waals surface area contributed by atoms with Crippen molar-refractivity contribution in [2.45, 2.75) is 18.9 Å². The molecule has 0 aromatic carbocycles. The Labute approximate surface area is 146 Å². The number of rotatable bonds is 3. The summed E-state index contributed by atoms with van der Waals surface area (Å²) in [5.41, 5.74) is 1.16. The molecule has 0 saturated carbocycles. The Morgan fingerprint density at radius 2 is 2.16 bits per heavy atom. The maximum absolute atomic E-state index is 12.7. The fraction of sp³-hybridized carbons (Fsp3) is 0.562. The van der Waals surface area contributed by atoms with Crippen LogP contribution in [0.25, 0.3) is 0 Å². The third-order valence-electron chi connectivity index (χ3n) is 4.20. The van der Waals surface area contributed by atoms with E-state index in [1.807, 2.05) is 19.0 Å². The van der Waals surface area contributed by atoms with Crippen LogP contribution in [0.3, 0.4) is 0 Å². The van der Waals surface area contributed by atoms with Gasteiger partial charge in [-0.3, -0.25) is 9.59 Å². The number of aromatic nitrogens is 2. The zero-order valence-electron chi connectivity index (χ0n) is 14.7. The van der Waals surface area contributed by atoms with Gasteiger partial charge in [0.1, 0.15) is 11.8 Å². The Hall–Kier alpha value is -2.55. The lowest BCUT2D eigenvalue weighted by Crippen LogP contribution is -2.47. The van der Waals surface area contributed by atoms with Crippen LogP contribution in [0, 0.1) is 0 Å². The number of hydrazone groups is 1. The molecule has 3 rings (SSSR count). The molecular weight excluding hydrogens is 324 g/mol. The molecule has 1 atom stereocenters. The topological polar surface area (TPSA) is 91.2 Å². The van der Waals surface area contributed by atoms with E-state index in [1.165, 1.54) is 5.01 Å². The summed E-state index contributed by atoms with van der Waals surface area (Å²) in [4.78, 5) is 36.5. The fourth-order valence-corrected chi connectivity index (χ4v) is 2.78. The third kappa shape index (κ3) is 3.76. The third-order valence-corrected chi connectivity index (χ3v) is 4.20. The quantitative estimate of drug-likeness (QED) is 0.768. The summed E-state index contributed by atoms with van der Waals surface area (Å²) in [5, 5.41) is 5.35. The van der Waals surface area contributed by atoms with Crippen LogP contribution in [0.1, 0.15) is 24.6 Å². The molecule has 0 unspecified atom stereocenters. The highest BCUT2D eigenvalue weighted by molar-refractivity contribution is 6.39. The fourth-order valence-electron chi connectivity index (χ4n) is 2.78. The minimum atomic E-state index is -0.303. The summed E-state index contributed by atoms with van der Waals surface area (Å²) in [6, 6.07) is 1.80. The number of hydrogen-bond donors (Lipinski definition) is 0. The summed E-state index contributed by atoms with van der Waals surface area (Å²) in [7, 11) is 5.31. The number of carbonyl (C=O) groups is 2. The van der Waals surface area contributed by atoms with Gasteiger partial charge in [-0.25, -0.2) is 15.0 Å². The number of amides is 2. The average Bonchev–Trinajstić information content (AvgIpc) is 2.63. The summed E-state index contributed by atoms with van der Waals surface area (Å²) in [5.74, 6) is 0.379. The van der Waals surface area contributed by atoms with Gasteiger partial charge in [0.2, 0.25) is 11.9 Å². The molecule has 134 valence electrons. The highest BCUT2D eigenvalue weighted by Crippen LogP contribution is 2.22. The minimum Gasteiger partial charge on any atom is -0.368 e. The number of anilines is 1. The Bertz CT molecular complexity index is 705. The molecule has 0 N–H and O–H groups in total. The molecule has 1 aromatic heterocycles. The van der Waals surface area contributed by atoms with Crippen LogP contribution in [-0.4, -0.2) is 78.2 Å². The van der Waals surface area contributed by atoms with Gasteiger partial charge in [0.15, 0.2) is 0 Å². The van der Waals surface area contributed by atoms with E-state index in [0.717, 1.165) is 5.69 Å². The number of ether oxygens (including phenoxy) is 1. The molecule has 1 aromatic rings. The molecule has 2 aliphatic heterocycles. The molecule has 9 heteroatoms. The van der Waals surface area contributed by atoms with Crippen LogP contribution < -0.4 is 4.90 Å². The summed E-state index contributed by atoms with van der Waals surface area (Å²) in [6.45, 7) is 1.33. The second kappa shape index (κ2) is 7.14. The number of nitrogens with zero attached hydrogens (tertiary/aromatic N) is 6. The Morgan fingerprint density at radius 3 is 2.88 bits per heavy atom. The lowest BCUT2D eigenvalue weighted by Gasteiger charge is -2.33. The molecule has 2 amide bonds. The van der Waals surface area contributed by atoms with Crippen LogP contribution in [0.15, 0.2) is 17.4 Å². The second-order valence-electron chi connectivity index (χ2n) is 6.25. The lowest BCUT2D eigenvalue weighted by molar-refractivity contribution is -0.133. The van der Waals surface area contributed by atoms with Gasteiger partial charge in [0.25, 0.3) is 5.91 Å². The first-order chi connectivity index (χ1) is 12.0. The highest BCUT2D eigenvalue weighted by atomic mass is 16.5. The summed E-state index contributed by atoms with van der Waals surface area (Å²) >= 11 is 0. The lowest BCUT2D eigenvalue weighted by atomic mass is 10.1. The van der Waals surface area contributed by atoms with Crippen molar-refractivity contribution in [3.8, 4) is 0 Å². The Kier molecular flexibility index (Phi) is 4.93. The van der Waals surface area contributed by atoms with Gasteiger partial charge in [0, 0.05) is 46.7 Å². The molecule has 25 heavy (non-hydrogen) atoms. The van der Waals surface area contributed by atoms with Crippen molar-refractivity contribution < 1.29 is 14.3 Å². The highest BCUT2D eigenvalue weighted by Gasteiger charge is 2.31. The van der Waals surface area contributed by atoms with Gasteiger partial charge in [-0.05, 0) is 6.07 Å². The molecular formula is C16H22N6O3. The first-order valence-electron chi connectivity index (χ1n) is 8.21. The first kappa shape index (κ1) is 17.3. The van der Waals surface area contributed by atoms with Gasteiger partial charge in [-0.15, -0.1) is 0 Å². The van der Waals surface area contributed by atoms with Gasteiger partial charge in [-0.1, -0.05) is 0 Å². The van der Waals surface area contributed by atoms with Crippen LogP contribution >= 0.6 is 0 Å². The standard InChI is InChI=1S/C16H22N6O3/c1-20(2)16-17-7-6-11(18-16)13-10-22(8-9-25-13)15(24)12-4-5-14(23)21(3)19-12/h6-7,13H,4-5,8-10H2,1-3H3/t13-/m0/s1. The van der Waals surface area contributed by atoms with E-state index in [4.69, 9.17) is 4.74 Å². The van der Waals surface area contributed by atoms with Crippen molar-refractivity contribution in [2.24, 2.45) is 5.10 Å². The molecule has 0 bridgehead atoms. The first-order valence-corrected chi connectivity index (χ1v) is 8.21. The molecule has 9 nitrogen and oxygen atoms in total. The zero-order valence-corrected chi connectivity index (χ0v) is 14.7. The van der Waals surface area contributed by atoms with E-state index >= 15 is 0 Å². The molecule has 0 aliphatic carbocycles. The Balaban J connectivity index is 1.73. The molecule has 1 fully saturated rings. The van der Waals surface area contributed by atoms with E-state index in [9.17, 15) is 9.59 Å². The van der Waals surface area contributed by atoms with E-state index in [0.29, 0.717) is 44.2 Å². The molecule has 3 heterocycles. The van der Waals surface area contributed by atoms with Gasteiger partial charge >= 0.3 is 0 Å². The maximum atomic E-state index is 12.7. The average molecular weight is 346 g/mol.